The lowest BCUT2D eigenvalue weighted by Gasteiger charge is -2.32. The number of pyridine rings is 1. The average Bonchev–Trinajstić information content (AvgIpc) is 3.06. The quantitative estimate of drug-likeness (QED) is 0.784. The van der Waals surface area contributed by atoms with Crippen molar-refractivity contribution in [2.24, 2.45) is 0 Å². The molecule has 0 saturated carbocycles. The summed E-state index contributed by atoms with van der Waals surface area (Å²) in [5.41, 5.74) is 3.27. The molecule has 24 heavy (non-hydrogen) atoms. The van der Waals surface area contributed by atoms with Crippen molar-refractivity contribution in [3.8, 4) is 11.4 Å². The molecule has 3 aromatic rings. The minimum absolute atomic E-state index is 0.0981. The Morgan fingerprint density at radius 2 is 1.83 bits per heavy atom. The van der Waals surface area contributed by atoms with Crippen LogP contribution in [0.15, 0.2) is 42.6 Å². The topological polar surface area (TPSA) is 65.1 Å². The first-order chi connectivity index (χ1) is 11.7. The Hall–Kier alpha value is -2.73. The molecule has 0 spiro atoms. The van der Waals surface area contributed by atoms with Crippen LogP contribution in [0.3, 0.4) is 0 Å². The first kappa shape index (κ1) is 14.8. The second-order valence-electron chi connectivity index (χ2n) is 6.13. The molecule has 1 amide bonds. The fourth-order valence-electron chi connectivity index (χ4n) is 2.94. The molecule has 0 bridgehead atoms. The Kier molecular flexibility index (Phi) is 3.74. The third kappa shape index (κ3) is 2.76. The molecule has 0 atom stereocenters. The molecule has 1 saturated heterocycles. The van der Waals surface area contributed by atoms with Gasteiger partial charge in [0.15, 0.2) is 5.65 Å². The lowest BCUT2D eigenvalue weighted by molar-refractivity contribution is 0.0664. The lowest BCUT2D eigenvalue weighted by Crippen LogP contribution is -2.47. The van der Waals surface area contributed by atoms with Crippen LogP contribution in [0, 0.1) is 0 Å². The fourth-order valence-corrected chi connectivity index (χ4v) is 2.94. The summed E-state index contributed by atoms with van der Waals surface area (Å²) in [4.78, 5) is 28.7. The van der Waals surface area contributed by atoms with Gasteiger partial charge in [-0.15, -0.1) is 0 Å². The van der Waals surface area contributed by atoms with E-state index >= 15 is 0 Å². The van der Waals surface area contributed by atoms with Crippen LogP contribution in [-0.4, -0.2) is 63.9 Å². The number of nitrogens with one attached hydrogen (secondary N) is 1. The fraction of sp³-hybridized carbons (Fsp3) is 0.278. The molecule has 1 N–H and O–H groups in total. The van der Waals surface area contributed by atoms with E-state index in [9.17, 15) is 4.79 Å². The van der Waals surface area contributed by atoms with Crippen molar-refractivity contribution in [1.82, 2.24) is 24.8 Å². The van der Waals surface area contributed by atoms with E-state index in [1.807, 2.05) is 41.3 Å². The van der Waals surface area contributed by atoms with Crippen molar-refractivity contribution in [2.45, 2.75) is 0 Å². The van der Waals surface area contributed by atoms with E-state index in [1.165, 1.54) is 0 Å². The smallest absolute Gasteiger partial charge is 0.253 e. The molecule has 1 fully saturated rings. The molecule has 0 unspecified atom stereocenters. The minimum Gasteiger partial charge on any atom is -0.337 e. The highest BCUT2D eigenvalue weighted by molar-refractivity contribution is 5.94. The van der Waals surface area contributed by atoms with Gasteiger partial charge >= 0.3 is 0 Å². The number of carbonyl (C=O) groups excluding carboxylic acids is 1. The predicted octanol–water partition coefficient (Wildman–Crippen LogP) is 2.01. The SMILES string of the molecule is CN1CCN(C(=O)c2ccc(-c3nc4ncccc4[nH]3)cc2)CC1. The second kappa shape index (κ2) is 6.05. The zero-order chi connectivity index (χ0) is 16.5. The number of aromatic amines is 1. The third-order valence-electron chi connectivity index (χ3n) is 4.45. The number of amides is 1. The van der Waals surface area contributed by atoms with Gasteiger partial charge in [-0.05, 0) is 31.3 Å². The van der Waals surface area contributed by atoms with E-state index < -0.39 is 0 Å². The van der Waals surface area contributed by atoms with E-state index in [2.05, 4.69) is 26.9 Å². The van der Waals surface area contributed by atoms with Crippen LogP contribution in [0.4, 0.5) is 0 Å². The molecule has 3 heterocycles. The van der Waals surface area contributed by atoms with E-state index in [0.29, 0.717) is 5.65 Å². The van der Waals surface area contributed by atoms with Crippen LogP contribution < -0.4 is 0 Å². The number of rotatable bonds is 2. The first-order valence-electron chi connectivity index (χ1n) is 8.10. The van der Waals surface area contributed by atoms with Crippen LogP contribution in [-0.2, 0) is 0 Å². The highest BCUT2D eigenvalue weighted by Gasteiger charge is 2.20. The molecule has 6 heteroatoms. The molecule has 2 aromatic heterocycles. The number of aromatic nitrogens is 3. The molecular formula is C18H19N5O. The number of fused-ring (bicyclic) bond motifs is 1. The summed E-state index contributed by atoms with van der Waals surface area (Å²) in [5.74, 6) is 0.864. The maximum atomic E-state index is 12.6. The molecule has 6 nitrogen and oxygen atoms in total. The maximum Gasteiger partial charge on any atom is 0.253 e. The summed E-state index contributed by atoms with van der Waals surface area (Å²) in [5, 5.41) is 0. The first-order valence-corrected chi connectivity index (χ1v) is 8.10. The molecular weight excluding hydrogens is 302 g/mol. The summed E-state index contributed by atoms with van der Waals surface area (Å²) >= 11 is 0. The highest BCUT2D eigenvalue weighted by Crippen LogP contribution is 2.20. The van der Waals surface area contributed by atoms with Gasteiger partial charge in [-0.1, -0.05) is 12.1 Å². The number of imidazole rings is 1. The molecule has 4 rings (SSSR count). The minimum atomic E-state index is 0.0981. The largest absolute Gasteiger partial charge is 0.337 e. The van der Waals surface area contributed by atoms with Gasteiger partial charge in [-0.2, -0.15) is 0 Å². The van der Waals surface area contributed by atoms with Crippen molar-refractivity contribution in [2.75, 3.05) is 33.2 Å². The number of hydrogen-bond donors (Lipinski definition) is 1. The van der Waals surface area contributed by atoms with Crippen LogP contribution in [0.1, 0.15) is 10.4 Å². The Morgan fingerprint density at radius 1 is 1.08 bits per heavy atom. The Bertz CT molecular complexity index is 830. The molecule has 1 aliphatic heterocycles. The van der Waals surface area contributed by atoms with Gasteiger partial charge in [0.05, 0.1) is 5.52 Å². The number of nitrogens with zero attached hydrogens (tertiary/aromatic N) is 4. The van der Waals surface area contributed by atoms with Crippen molar-refractivity contribution >= 4 is 17.1 Å². The van der Waals surface area contributed by atoms with Crippen LogP contribution in [0.25, 0.3) is 22.6 Å². The second-order valence-corrected chi connectivity index (χ2v) is 6.13. The van der Waals surface area contributed by atoms with E-state index in [0.717, 1.165) is 48.6 Å². The van der Waals surface area contributed by atoms with Crippen molar-refractivity contribution in [3.63, 3.8) is 0 Å². The Morgan fingerprint density at radius 3 is 2.54 bits per heavy atom. The summed E-state index contributed by atoms with van der Waals surface area (Å²) in [6.45, 7) is 3.42. The van der Waals surface area contributed by atoms with Gasteiger partial charge in [0.25, 0.3) is 5.91 Å². The van der Waals surface area contributed by atoms with Gasteiger partial charge in [0.1, 0.15) is 5.82 Å². The van der Waals surface area contributed by atoms with E-state index in [-0.39, 0.29) is 5.91 Å². The molecule has 0 radical (unpaired) electrons. The van der Waals surface area contributed by atoms with Crippen molar-refractivity contribution < 1.29 is 4.79 Å². The van der Waals surface area contributed by atoms with Gasteiger partial charge in [-0.3, -0.25) is 4.79 Å². The zero-order valence-electron chi connectivity index (χ0n) is 13.6. The van der Waals surface area contributed by atoms with E-state index in [4.69, 9.17) is 0 Å². The van der Waals surface area contributed by atoms with Crippen molar-refractivity contribution in [3.05, 3.63) is 48.2 Å². The van der Waals surface area contributed by atoms with Crippen LogP contribution in [0.5, 0.6) is 0 Å². The summed E-state index contributed by atoms with van der Waals surface area (Å²) in [7, 11) is 2.08. The van der Waals surface area contributed by atoms with Gasteiger partial charge in [0, 0.05) is 43.5 Å². The van der Waals surface area contributed by atoms with Gasteiger partial charge < -0.3 is 14.8 Å². The summed E-state index contributed by atoms with van der Waals surface area (Å²) in [6.07, 6.45) is 1.73. The number of likely N-dealkylation sites (N-methyl/N-ethyl adjacent to an activating group) is 1. The molecule has 122 valence electrons. The number of benzene rings is 1. The normalized spacial score (nSPS) is 15.8. The molecule has 0 aliphatic carbocycles. The maximum absolute atomic E-state index is 12.6. The summed E-state index contributed by atoms with van der Waals surface area (Å²) < 4.78 is 0. The standard InChI is InChI=1S/C18H19N5O/c1-22-9-11-23(12-10-22)18(24)14-6-4-13(5-7-14)16-20-15-3-2-8-19-17(15)21-16/h2-8H,9-12H2,1H3,(H,19,20,21). The Labute approximate surface area is 140 Å². The number of piperazine rings is 1. The Balaban J connectivity index is 1.55. The molecule has 1 aliphatic rings. The van der Waals surface area contributed by atoms with Gasteiger partial charge in [-0.25, -0.2) is 9.97 Å². The molecule has 1 aromatic carbocycles. The number of H-pyrrole nitrogens is 1. The van der Waals surface area contributed by atoms with Gasteiger partial charge in [0.2, 0.25) is 0 Å². The van der Waals surface area contributed by atoms with E-state index in [1.54, 1.807) is 6.20 Å². The summed E-state index contributed by atoms with van der Waals surface area (Å²) in [6, 6.07) is 11.4. The monoisotopic (exact) mass is 321 g/mol. The zero-order valence-corrected chi connectivity index (χ0v) is 13.6. The van der Waals surface area contributed by atoms with Crippen LogP contribution in [0.2, 0.25) is 0 Å². The number of hydrogen-bond acceptors (Lipinski definition) is 4. The predicted molar refractivity (Wildman–Crippen MR) is 92.7 cm³/mol. The highest BCUT2D eigenvalue weighted by atomic mass is 16.2. The van der Waals surface area contributed by atoms with Crippen LogP contribution >= 0.6 is 0 Å². The third-order valence-corrected chi connectivity index (χ3v) is 4.45. The van der Waals surface area contributed by atoms with Crippen molar-refractivity contribution in [1.29, 1.82) is 0 Å². The number of carbonyl (C=O) groups is 1. The average molecular weight is 321 g/mol. The lowest BCUT2D eigenvalue weighted by atomic mass is 10.1.